The Morgan fingerprint density at radius 2 is 1.82 bits per heavy atom. The van der Waals surface area contributed by atoms with Crippen LogP contribution < -0.4 is 14.8 Å². The zero-order valence-corrected chi connectivity index (χ0v) is 17.0. The fourth-order valence-corrected chi connectivity index (χ4v) is 3.02. The fraction of sp³-hybridized carbons (Fsp3) is 0.364. The molecular formula is C22H28N4O2. The Kier molecular flexibility index (Phi) is 6.66. The number of nitrogens with zero attached hydrogens (tertiary/aromatic N) is 3. The highest BCUT2D eigenvalue weighted by molar-refractivity contribution is 5.43. The van der Waals surface area contributed by atoms with Crippen LogP contribution in [0, 0.1) is 13.8 Å². The van der Waals surface area contributed by atoms with Gasteiger partial charge in [-0.05, 0) is 38.5 Å². The maximum atomic E-state index is 6.10. The SMILES string of the molecule is CCCOc1ccccc1Oc1ncccc1CNCc1c(C)nn(C)c1C. The molecule has 0 atom stereocenters. The van der Waals surface area contributed by atoms with E-state index in [1.807, 2.05) is 55.1 Å². The van der Waals surface area contributed by atoms with E-state index in [-0.39, 0.29) is 0 Å². The molecule has 148 valence electrons. The Morgan fingerprint density at radius 3 is 2.54 bits per heavy atom. The first-order valence-corrected chi connectivity index (χ1v) is 9.63. The number of aromatic nitrogens is 3. The summed E-state index contributed by atoms with van der Waals surface area (Å²) in [6, 6.07) is 11.6. The Balaban J connectivity index is 1.70. The molecule has 2 heterocycles. The fourth-order valence-electron chi connectivity index (χ4n) is 3.02. The van der Waals surface area contributed by atoms with Gasteiger partial charge in [0.1, 0.15) is 0 Å². The van der Waals surface area contributed by atoms with Crippen LogP contribution in [0.25, 0.3) is 0 Å². The first-order valence-electron chi connectivity index (χ1n) is 9.63. The molecule has 28 heavy (non-hydrogen) atoms. The molecule has 6 nitrogen and oxygen atoms in total. The normalized spacial score (nSPS) is 10.9. The van der Waals surface area contributed by atoms with Gasteiger partial charge in [0.05, 0.1) is 12.3 Å². The topological polar surface area (TPSA) is 61.2 Å². The van der Waals surface area contributed by atoms with E-state index >= 15 is 0 Å². The second kappa shape index (κ2) is 9.37. The molecule has 0 amide bonds. The van der Waals surface area contributed by atoms with Crippen molar-refractivity contribution in [1.29, 1.82) is 0 Å². The Hall–Kier alpha value is -2.86. The summed E-state index contributed by atoms with van der Waals surface area (Å²) >= 11 is 0. The molecule has 3 aromatic rings. The summed E-state index contributed by atoms with van der Waals surface area (Å²) in [5.41, 5.74) is 4.45. The second-order valence-electron chi connectivity index (χ2n) is 6.74. The lowest BCUT2D eigenvalue weighted by Crippen LogP contribution is -2.15. The smallest absolute Gasteiger partial charge is 0.223 e. The summed E-state index contributed by atoms with van der Waals surface area (Å²) < 4.78 is 13.8. The Bertz CT molecular complexity index is 921. The summed E-state index contributed by atoms with van der Waals surface area (Å²) in [7, 11) is 1.97. The van der Waals surface area contributed by atoms with Crippen LogP contribution in [0.2, 0.25) is 0 Å². The number of ether oxygens (including phenoxy) is 2. The molecule has 0 unspecified atom stereocenters. The molecule has 1 aromatic carbocycles. The molecule has 3 rings (SSSR count). The highest BCUT2D eigenvalue weighted by Gasteiger charge is 2.12. The minimum Gasteiger partial charge on any atom is -0.490 e. The molecule has 1 N–H and O–H groups in total. The largest absolute Gasteiger partial charge is 0.490 e. The van der Waals surface area contributed by atoms with Gasteiger partial charge in [-0.1, -0.05) is 25.1 Å². The van der Waals surface area contributed by atoms with Crippen molar-refractivity contribution in [2.45, 2.75) is 40.3 Å². The number of benzene rings is 1. The third-order valence-corrected chi connectivity index (χ3v) is 4.64. The molecule has 0 spiro atoms. The van der Waals surface area contributed by atoms with Gasteiger partial charge in [0.15, 0.2) is 11.5 Å². The molecule has 6 heteroatoms. The lowest BCUT2D eigenvalue weighted by Gasteiger charge is -2.14. The van der Waals surface area contributed by atoms with Gasteiger partial charge in [0, 0.05) is 43.2 Å². The third-order valence-electron chi connectivity index (χ3n) is 4.64. The van der Waals surface area contributed by atoms with Gasteiger partial charge in [-0.2, -0.15) is 5.10 Å². The predicted molar refractivity (Wildman–Crippen MR) is 110 cm³/mol. The van der Waals surface area contributed by atoms with E-state index in [0.717, 1.165) is 30.0 Å². The number of hydrogen-bond donors (Lipinski definition) is 1. The molecule has 0 saturated carbocycles. The van der Waals surface area contributed by atoms with Gasteiger partial charge in [0.2, 0.25) is 5.88 Å². The van der Waals surface area contributed by atoms with Crippen molar-refractivity contribution in [1.82, 2.24) is 20.1 Å². The summed E-state index contributed by atoms with van der Waals surface area (Å²) in [5.74, 6) is 1.99. The molecule has 0 saturated heterocycles. The minimum atomic E-state index is 0.585. The van der Waals surface area contributed by atoms with E-state index in [1.54, 1.807) is 6.20 Å². The highest BCUT2D eigenvalue weighted by Crippen LogP contribution is 2.32. The van der Waals surface area contributed by atoms with E-state index in [4.69, 9.17) is 9.47 Å². The summed E-state index contributed by atoms with van der Waals surface area (Å²) in [6.45, 7) is 8.25. The van der Waals surface area contributed by atoms with Crippen LogP contribution in [0.5, 0.6) is 17.4 Å². The lowest BCUT2D eigenvalue weighted by molar-refractivity contribution is 0.300. The summed E-state index contributed by atoms with van der Waals surface area (Å²) in [5, 5.41) is 7.95. The number of rotatable bonds is 9. The Morgan fingerprint density at radius 1 is 1.04 bits per heavy atom. The quantitative estimate of drug-likeness (QED) is 0.600. The highest BCUT2D eigenvalue weighted by atomic mass is 16.5. The second-order valence-corrected chi connectivity index (χ2v) is 6.74. The van der Waals surface area contributed by atoms with Crippen LogP contribution >= 0.6 is 0 Å². The molecular weight excluding hydrogens is 352 g/mol. The number of hydrogen-bond acceptors (Lipinski definition) is 5. The van der Waals surface area contributed by atoms with Crippen LogP contribution in [-0.4, -0.2) is 21.4 Å². The van der Waals surface area contributed by atoms with Crippen LogP contribution in [0.3, 0.4) is 0 Å². The molecule has 0 aliphatic heterocycles. The number of pyridine rings is 1. The zero-order valence-electron chi connectivity index (χ0n) is 17.0. The van der Waals surface area contributed by atoms with Crippen LogP contribution in [0.4, 0.5) is 0 Å². The van der Waals surface area contributed by atoms with E-state index in [0.29, 0.717) is 24.8 Å². The van der Waals surface area contributed by atoms with Crippen molar-refractivity contribution >= 4 is 0 Å². The molecule has 0 aliphatic rings. The van der Waals surface area contributed by atoms with Crippen molar-refractivity contribution in [3.63, 3.8) is 0 Å². The monoisotopic (exact) mass is 380 g/mol. The van der Waals surface area contributed by atoms with Crippen molar-refractivity contribution in [2.75, 3.05) is 6.61 Å². The van der Waals surface area contributed by atoms with Crippen LogP contribution in [0.1, 0.15) is 35.9 Å². The lowest BCUT2D eigenvalue weighted by atomic mass is 10.2. The first kappa shape index (κ1) is 19.9. The minimum absolute atomic E-state index is 0.585. The van der Waals surface area contributed by atoms with Gasteiger partial charge < -0.3 is 14.8 Å². The number of aryl methyl sites for hydroxylation is 2. The van der Waals surface area contributed by atoms with Crippen molar-refractivity contribution in [3.8, 4) is 17.4 Å². The van der Waals surface area contributed by atoms with Gasteiger partial charge in [-0.3, -0.25) is 4.68 Å². The first-order chi connectivity index (χ1) is 13.6. The summed E-state index contributed by atoms with van der Waals surface area (Å²) in [4.78, 5) is 4.43. The van der Waals surface area contributed by atoms with Crippen molar-refractivity contribution < 1.29 is 9.47 Å². The predicted octanol–water partition coefficient (Wildman–Crippen LogP) is 4.30. The number of para-hydroxylation sites is 2. The van der Waals surface area contributed by atoms with Crippen LogP contribution in [0.15, 0.2) is 42.6 Å². The van der Waals surface area contributed by atoms with Gasteiger partial charge in [-0.25, -0.2) is 4.98 Å². The van der Waals surface area contributed by atoms with Crippen molar-refractivity contribution in [2.24, 2.45) is 7.05 Å². The molecule has 0 aliphatic carbocycles. The molecule has 0 radical (unpaired) electrons. The number of nitrogens with one attached hydrogen (secondary N) is 1. The van der Waals surface area contributed by atoms with Gasteiger partial charge >= 0.3 is 0 Å². The van der Waals surface area contributed by atoms with Gasteiger partial charge in [0.25, 0.3) is 0 Å². The zero-order chi connectivity index (χ0) is 19.9. The van der Waals surface area contributed by atoms with E-state index < -0.39 is 0 Å². The molecule has 2 aromatic heterocycles. The summed E-state index contributed by atoms with van der Waals surface area (Å²) in [6.07, 6.45) is 2.68. The molecule has 0 bridgehead atoms. The van der Waals surface area contributed by atoms with Crippen LogP contribution in [-0.2, 0) is 20.1 Å². The van der Waals surface area contributed by atoms with E-state index in [2.05, 4.69) is 29.2 Å². The van der Waals surface area contributed by atoms with Crippen molar-refractivity contribution in [3.05, 3.63) is 65.1 Å². The maximum absolute atomic E-state index is 6.10. The van der Waals surface area contributed by atoms with Gasteiger partial charge in [-0.15, -0.1) is 0 Å². The maximum Gasteiger partial charge on any atom is 0.223 e. The Labute approximate surface area is 166 Å². The molecule has 0 fully saturated rings. The van der Waals surface area contributed by atoms with E-state index in [9.17, 15) is 0 Å². The average molecular weight is 380 g/mol. The standard InChI is InChI=1S/C22H28N4O2/c1-5-13-27-20-10-6-7-11-21(20)28-22-18(9-8-12-24-22)14-23-15-19-16(2)25-26(4)17(19)3/h6-12,23H,5,13-15H2,1-4H3. The third kappa shape index (κ3) is 4.70. The average Bonchev–Trinajstić information content (AvgIpc) is 2.94. The van der Waals surface area contributed by atoms with E-state index in [1.165, 1.54) is 11.3 Å².